The number of benzene rings is 2. The third-order valence-corrected chi connectivity index (χ3v) is 4.82. The summed E-state index contributed by atoms with van der Waals surface area (Å²) < 4.78 is 0. The predicted octanol–water partition coefficient (Wildman–Crippen LogP) is 2.82. The summed E-state index contributed by atoms with van der Waals surface area (Å²) in [7, 11) is 0. The first-order valence-electron chi connectivity index (χ1n) is 8.92. The standard InChI is InChI=1S/C20H20N4O3/c1-12(25)21-14-4-2-5-15(11-14)22-19(26)13-7-8-17-16(10-13)23-20(27)18-6-3-9-24(17)18/h2,4-5,7-8,10-11,18H,3,6,9H2,1H3,(H,21,25)(H,22,26)(H,23,27). The highest BCUT2D eigenvalue weighted by Crippen LogP contribution is 2.37. The van der Waals surface area contributed by atoms with Gasteiger partial charge in [-0.15, -0.1) is 0 Å². The fourth-order valence-corrected chi connectivity index (χ4v) is 3.65. The van der Waals surface area contributed by atoms with E-state index in [1.807, 2.05) is 6.07 Å². The summed E-state index contributed by atoms with van der Waals surface area (Å²) >= 11 is 0. The Labute approximate surface area is 156 Å². The molecule has 0 radical (unpaired) electrons. The summed E-state index contributed by atoms with van der Waals surface area (Å²) in [4.78, 5) is 38.1. The van der Waals surface area contributed by atoms with Crippen LogP contribution in [-0.2, 0) is 9.59 Å². The van der Waals surface area contributed by atoms with Gasteiger partial charge in [-0.25, -0.2) is 0 Å². The maximum atomic E-state index is 12.6. The molecule has 0 aliphatic carbocycles. The molecule has 2 aromatic rings. The van der Waals surface area contributed by atoms with Gasteiger partial charge in [-0.05, 0) is 49.2 Å². The van der Waals surface area contributed by atoms with E-state index in [9.17, 15) is 14.4 Å². The third-order valence-electron chi connectivity index (χ3n) is 4.82. The quantitative estimate of drug-likeness (QED) is 0.781. The maximum Gasteiger partial charge on any atom is 0.255 e. The number of rotatable bonds is 3. The molecular formula is C20H20N4O3. The minimum Gasteiger partial charge on any atom is -0.358 e. The number of anilines is 4. The number of fused-ring (bicyclic) bond motifs is 3. The van der Waals surface area contributed by atoms with Crippen molar-refractivity contribution in [1.29, 1.82) is 0 Å². The van der Waals surface area contributed by atoms with Gasteiger partial charge in [0, 0.05) is 30.4 Å². The first kappa shape index (κ1) is 17.1. The molecule has 4 rings (SSSR count). The number of carbonyl (C=O) groups excluding carboxylic acids is 3. The Bertz CT molecular complexity index is 941. The summed E-state index contributed by atoms with van der Waals surface area (Å²) in [5.41, 5.74) is 3.27. The molecule has 3 N–H and O–H groups in total. The van der Waals surface area contributed by atoms with Crippen molar-refractivity contribution >= 4 is 40.5 Å². The summed E-state index contributed by atoms with van der Waals surface area (Å²) in [6.07, 6.45) is 1.85. The zero-order chi connectivity index (χ0) is 19.0. The molecule has 1 saturated heterocycles. The molecule has 138 valence electrons. The molecule has 2 aromatic carbocycles. The molecule has 1 unspecified atom stereocenters. The van der Waals surface area contributed by atoms with Gasteiger partial charge in [0.15, 0.2) is 0 Å². The van der Waals surface area contributed by atoms with E-state index >= 15 is 0 Å². The molecule has 0 bridgehead atoms. The molecule has 3 amide bonds. The number of carbonyl (C=O) groups is 3. The molecule has 27 heavy (non-hydrogen) atoms. The largest absolute Gasteiger partial charge is 0.358 e. The van der Waals surface area contributed by atoms with E-state index in [2.05, 4.69) is 20.9 Å². The van der Waals surface area contributed by atoms with Gasteiger partial charge in [0.05, 0.1) is 11.4 Å². The second-order valence-electron chi connectivity index (χ2n) is 6.79. The maximum absolute atomic E-state index is 12.6. The van der Waals surface area contributed by atoms with Crippen LogP contribution in [0.25, 0.3) is 0 Å². The number of amides is 3. The Balaban J connectivity index is 1.54. The van der Waals surface area contributed by atoms with Gasteiger partial charge in [0.2, 0.25) is 11.8 Å². The molecule has 7 nitrogen and oxygen atoms in total. The topological polar surface area (TPSA) is 90.5 Å². The highest BCUT2D eigenvalue weighted by molar-refractivity contribution is 6.09. The van der Waals surface area contributed by atoms with Crippen molar-refractivity contribution in [3.05, 3.63) is 48.0 Å². The predicted molar refractivity (Wildman–Crippen MR) is 104 cm³/mol. The van der Waals surface area contributed by atoms with Crippen LogP contribution >= 0.6 is 0 Å². The van der Waals surface area contributed by atoms with E-state index in [0.717, 1.165) is 25.1 Å². The van der Waals surface area contributed by atoms with Gasteiger partial charge in [-0.2, -0.15) is 0 Å². The van der Waals surface area contributed by atoms with Crippen LogP contribution in [0.15, 0.2) is 42.5 Å². The summed E-state index contributed by atoms with van der Waals surface area (Å²) in [6.45, 7) is 2.28. The fraction of sp³-hybridized carbons (Fsp3) is 0.250. The van der Waals surface area contributed by atoms with E-state index in [1.54, 1.807) is 36.4 Å². The van der Waals surface area contributed by atoms with Crippen LogP contribution in [0.4, 0.5) is 22.7 Å². The van der Waals surface area contributed by atoms with Crippen molar-refractivity contribution in [3.8, 4) is 0 Å². The van der Waals surface area contributed by atoms with Crippen LogP contribution in [0.3, 0.4) is 0 Å². The van der Waals surface area contributed by atoms with Crippen LogP contribution < -0.4 is 20.9 Å². The molecule has 0 saturated carbocycles. The lowest BCUT2D eigenvalue weighted by Gasteiger charge is -2.33. The molecule has 0 aromatic heterocycles. The number of nitrogens with one attached hydrogen (secondary N) is 3. The van der Waals surface area contributed by atoms with E-state index in [0.29, 0.717) is 22.6 Å². The lowest BCUT2D eigenvalue weighted by Crippen LogP contribution is -2.43. The zero-order valence-electron chi connectivity index (χ0n) is 14.9. The Morgan fingerprint density at radius 3 is 2.67 bits per heavy atom. The van der Waals surface area contributed by atoms with E-state index in [1.165, 1.54) is 6.92 Å². The van der Waals surface area contributed by atoms with E-state index in [4.69, 9.17) is 0 Å². The summed E-state index contributed by atoms with van der Waals surface area (Å²) in [5.74, 6) is -0.472. The van der Waals surface area contributed by atoms with Crippen molar-refractivity contribution in [2.75, 3.05) is 27.4 Å². The third kappa shape index (κ3) is 3.36. The molecule has 1 atom stereocenters. The van der Waals surface area contributed by atoms with Gasteiger partial charge in [0.25, 0.3) is 5.91 Å². The van der Waals surface area contributed by atoms with Crippen molar-refractivity contribution in [2.45, 2.75) is 25.8 Å². The smallest absolute Gasteiger partial charge is 0.255 e. The van der Waals surface area contributed by atoms with Crippen LogP contribution in [0, 0.1) is 0 Å². The van der Waals surface area contributed by atoms with Crippen molar-refractivity contribution in [3.63, 3.8) is 0 Å². The number of hydrogen-bond donors (Lipinski definition) is 3. The molecule has 7 heteroatoms. The van der Waals surface area contributed by atoms with Gasteiger partial charge in [0.1, 0.15) is 6.04 Å². The molecule has 0 spiro atoms. The lowest BCUT2D eigenvalue weighted by molar-refractivity contribution is -0.117. The van der Waals surface area contributed by atoms with E-state index in [-0.39, 0.29) is 23.8 Å². The Hall–Kier alpha value is -3.35. The summed E-state index contributed by atoms with van der Waals surface area (Å²) in [6, 6.07) is 12.2. The Kier molecular flexibility index (Phi) is 4.27. The SMILES string of the molecule is CC(=O)Nc1cccc(NC(=O)c2ccc3c(c2)NC(=O)C2CCCN32)c1. The molecular weight excluding hydrogens is 344 g/mol. The average molecular weight is 364 g/mol. The molecule has 1 fully saturated rings. The Morgan fingerprint density at radius 1 is 1.11 bits per heavy atom. The first-order valence-corrected chi connectivity index (χ1v) is 8.92. The van der Waals surface area contributed by atoms with Gasteiger partial charge in [-0.3, -0.25) is 14.4 Å². The normalized spacial score (nSPS) is 17.6. The monoisotopic (exact) mass is 364 g/mol. The number of nitrogens with zero attached hydrogens (tertiary/aromatic N) is 1. The van der Waals surface area contributed by atoms with Crippen LogP contribution in [0.5, 0.6) is 0 Å². The van der Waals surface area contributed by atoms with Gasteiger partial charge in [-0.1, -0.05) is 6.07 Å². The average Bonchev–Trinajstić information content (AvgIpc) is 3.12. The van der Waals surface area contributed by atoms with Crippen molar-refractivity contribution < 1.29 is 14.4 Å². The van der Waals surface area contributed by atoms with Gasteiger partial charge >= 0.3 is 0 Å². The summed E-state index contributed by atoms with van der Waals surface area (Å²) in [5, 5.41) is 8.41. The first-order chi connectivity index (χ1) is 13.0. The lowest BCUT2D eigenvalue weighted by atomic mass is 10.1. The Morgan fingerprint density at radius 2 is 1.89 bits per heavy atom. The highest BCUT2D eigenvalue weighted by atomic mass is 16.2. The molecule has 2 aliphatic rings. The molecule has 2 heterocycles. The van der Waals surface area contributed by atoms with Gasteiger partial charge < -0.3 is 20.9 Å². The van der Waals surface area contributed by atoms with Crippen LogP contribution in [0.1, 0.15) is 30.1 Å². The molecule has 2 aliphatic heterocycles. The minimum atomic E-state index is -0.282. The fourth-order valence-electron chi connectivity index (χ4n) is 3.65. The van der Waals surface area contributed by atoms with Crippen molar-refractivity contribution in [1.82, 2.24) is 0 Å². The second-order valence-corrected chi connectivity index (χ2v) is 6.79. The van der Waals surface area contributed by atoms with Crippen LogP contribution in [-0.4, -0.2) is 30.3 Å². The zero-order valence-corrected chi connectivity index (χ0v) is 14.9. The second kappa shape index (κ2) is 6.75. The van der Waals surface area contributed by atoms with E-state index < -0.39 is 0 Å². The van der Waals surface area contributed by atoms with Crippen molar-refractivity contribution in [2.24, 2.45) is 0 Å². The van der Waals surface area contributed by atoms with Crippen LogP contribution in [0.2, 0.25) is 0 Å². The number of hydrogen-bond acceptors (Lipinski definition) is 4. The highest BCUT2D eigenvalue weighted by Gasteiger charge is 2.36. The minimum absolute atomic E-state index is 0.0134.